The zero-order valence-corrected chi connectivity index (χ0v) is 14.7. The van der Waals surface area contributed by atoms with Crippen molar-refractivity contribution in [1.82, 2.24) is 4.90 Å². The van der Waals surface area contributed by atoms with Crippen molar-refractivity contribution in [1.29, 1.82) is 0 Å². The largest absolute Gasteiger partial charge is 0.416 e. The first kappa shape index (κ1) is 17.9. The average Bonchev–Trinajstić information content (AvgIpc) is 2.76. The average molecular weight is 375 g/mol. The number of anilines is 2. The van der Waals surface area contributed by atoms with Crippen molar-refractivity contribution in [3.05, 3.63) is 59.7 Å². The van der Waals surface area contributed by atoms with Crippen LogP contribution in [0.15, 0.2) is 48.5 Å². The molecule has 0 aromatic heterocycles. The number of carbonyl (C=O) groups is 1. The van der Waals surface area contributed by atoms with Crippen molar-refractivity contribution >= 4 is 17.3 Å². The van der Waals surface area contributed by atoms with E-state index in [1.54, 1.807) is 0 Å². The number of benzene rings is 2. The number of fused-ring (bicyclic) bond motifs is 3. The lowest BCUT2D eigenvalue weighted by Crippen LogP contribution is -2.53. The minimum atomic E-state index is -4.41. The number of rotatable bonds is 2. The molecule has 2 aliphatic heterocycles. The van der Waals surface area contributed by atoms with Gasteiger partial charge in [-0.3, -0.25) is 9.69 Å². The lowest BCUT2D eigenvalue weighted by Gasteiger charge is -2.42. The van der Waals surface area contributed by atoms with Crippen molar-refractivity contribution in [2.75, 3.05) is 29.9 Å². The van der Waals surface area contributed by atoms with Crippen molar-refractivity contribution < 1.29 is 18.0 Å². The number of carbonyl (C=O) groups excluding carboxylic acids is 1. The van der Waals surface area contributed by atoms with E-state index in [-0.39, 0.29) is 18.4 Å². The maximum absolute atomic E-state index is 13.2. The maximum atomic E-state index is 13.2. The van der Waals surface area contributed by atoms with Crippen molar-refractivity contribution in [2.24, 2.45) is 0 Å². The van der Waals surface area contributed by atoms with E-state index in [0.717, 1.165) is 25.2 Å². The van der Waals surface area contributed by atoms with Crippen LogP contribution in [0.5, 0.6) is 0 Å². The van der Waals surface area contributed by atoms with Gasteiger partial charge >= 0.3 is 6.18 Å². The highest BCUT2D eigenvalue weighted by atomic mass is 19.4. The quantitative estimate of drug-likeness (QED) is 0.869. The highest BCUT2D eigenvalue weighted by Crippen LogP contribution is 2.38. The Kier molecular flexibility index (Phi) is 4.55. The summed E-state index contributed by atoms with van der Waals surface area (Å²) >= 11 is 0. The molecule has 27 heavy (non-hydrogen) atoms. The number of hydrogen-bond donors (Lipinski definition) is 1. The third-order valence-electron chi connectivity index (χ3n) is 5.15. The van der Waals surface area contributed by atoms with E-state index in [4.69, 9.17) is 0 Å². The number of halogens is 3. The van der Waals surface area contributed by atoms with Gasteiger partial charge in [-0.1, -0.05) is 30.3 Å². The summed E-state index contributed by atoms with van der Waals surface area (Å²) in [4.78, 5) is 16.5. The predicted molar refractivity (Wildman–Crippen MR) is 97.5 cm³/mol. The van der Waals surface area contributed by atoms with E-state index in [2.05, 4.69) is 22.3 Å². The third kappa shape index (κ3) is 3.78. The van der Waals surface area contributed by atoms with Crippen LogP contribution >= 0.6 is 0 Å². The van der Waals surface area contributed by atoms with E-state index in [9.17, 15) is 18.0 Å². The third-order valence-corrected chi connectivity index (χ3v) is 5.15. The van der Waals surface area contributed by atoms with Gasteiger partial charge in [0, 0.05) is 32.6 Å². The minimum absolute atomic E-state index is 0.146. The van der Waals surface area contributed by atoms with E-state index in [0.29, 0.717) is 24.5 Å². The Morgan fingerprint density at radius 2 is 1.85 bits per heavy atom. The van der Waals surface area contributed by atoms with E-state index < -0.39 is 11.7 Å². The SMILES string of the molecule is O=C1CC2CN(Cc3ccccc3)CCN2c2cc(C(F)(F)F)ccc2N1. The molecule has 7 heteroatoms. The van der Waals surface area contributed by atoms with Gasteiger partial charge in [0.25, 0.3) is 0 Å². The molecular formula is C20H20F3N3O. The van der Waals surface area contributed by atoms with Crippen LogP contribution in [0.25, 0.3) is 0 Å². The van der Waals surface area contributed by atoms with Crippen LogP contribution in [0.3, 0.4) is 0 Å². The summed E-state index contributed by atoms with van der Waals surface area (Å²) in [7, 11) is 0. The normalized spacial score (nSPS) is 20.5. The first-order valence-corrected chi connectivity index (χ1v) is 8.94. The summed E-state index contributed by atoms with van der Waals surface area (Å²) in [6.07, 6.45) is -4.14. The molecule has 1 N–H and O–H groups in total. The molecular weight excluding hydrogens is 355 g/mol. The van der Waals surface area contributed by atoms with E-state index >= 15 is 0 Å². The van der Waals surface area contributed by atoms with E-state index in [1.165, 1.54) is 11.6 Å². The number of amides is 1. The van der Waals surface area contributed by atoms with Crippen LogP contribution in [-0.4, -0.2) is 36.5 Å². The molecule has 1 amide bonds. The van der Waals surface area contributed by atoms with Gasteiger partial charge in [0.15, 0.2) is 0 Å². The van der Waals surface area contributed by atoms with Gasteiger partial charge in [-0.25, -0.2) is 0 Å². The summed E-state index contributed by atoms with van der Waals surface area (Å²) < 4.78 is 39.5. The Hall–Kier alpha value is -2.54. The molecule has 1 atom stereocenters. The van der Waals surface area contributed by atoms with Crippen LogP contribution in [0.2, 0.25) is 0 Å². The topological polar surface area (TPSA) is 35.6 Å². The zero-order chi connectivity index (χ0) is 19.0. The molecule has 2 aromatic carbocycles. The second-order valence-corrected chi connectivity index (χ2v) is 7.05. The molecule has 0 spiro atoms. The van der Waals surface area contributed by atoms with Gasteiger partial charge in [0.05, 0.1) is 23.0 Å². The lowest BCUT2D eigenvalue weighted by molar-refractivity contribution is -0.137. The smallest absolute Gasteiger partial charge is 0.364 e. The molecule has 2 aliphatic rings. The van der Waals surface area contributed by atoms with Gasteiger partial charge in [0.2, 0.25) is 5.91 Å². The first-order chi connectivity index (χ1) is 12.9. The molecule has 1 saturated heterocycles. The molecule has 1 unspecified atom stereocenters. The molecule has 0 aliphatic carbocycles. The Bertz CT molecular complexity index is 838. The van der Waals surface area contributed by atoms with Gasteiger partial charge in [-0.2, -0.15) is 13.2 Å². The number of piperazine rings is 1. The first-order valence-electron chi connectivity index (χ1n) is 8.94. The zero-order valence-electron chi connectivity index (χ0n) is 14.7. The second kappa shape index (κ2) is 6.88. The van der Waals surface area contributed by atoms with Crippen molar-refractivity contribution in [2.45, 2.75) is 25.2 Å². The van der Waals surface area contributed by atoms with Crippen LogP contribution < -0.4 is 10.2 Å². The van der Waals surface area contributed by atoms with Gasteiger partial charge in [-0.05, 0) is 23.8 Å². The number of alkyl halides is 3. The lowest BCUT2D eigenvalue weighted by atomic mass is 10.1. The molecule has 2 aromatic rings. The molecule has 0 radical (unpaired) electrons. The Labute approximate surface area is 155 Å². The number of nitrogens with one attached hydrogen (secondary N) is 1. The molecule has 1 fully saturated rings. The molecule has 4 nitrogen and oxygen atoms in total. The summed E-state index contributed by atoms with van der Waals surface area (Å²) in [6, 6.07) is 13.4. The summed E-state index contributed by atoms with van der Waals surface area (Å²) in [5.41, 5.74) is 1.40. The van der Waals surface area contributed by atoms with Crippen molar-refractivity contribution in [3.8, 4) is 0 Å². The molecule has 4 rings (SSSR count). The highest BCUT2D eigenvalue weighted by Gasteiger charge is 2.36. The monoisotopic (exact) mass is 375 g/mol. The Morgan fingerprint density at radius 1 is 1.07 bits per heavy atom. The fourth-order valence-corrected chi connectivity index (χ4v) is 3.86. The van der Waals surface area contributed by atoms with Gasteiger partial charge in [-0.15, -0.1) is 0 Å². The summed E-state index contributed by atoms with van der Waals surface area (Å²) in [5, 5.41) is 2.76. The van der Waals surface area contributed by atoms with Crippen LogP contribution in [-0.2, 0) is 17.5 Å². The Balaban J connectivity index is 1.59. The van der Waals surface area contributed by atoms with Gasteiger partial charge < -0.3 is 10.2 Å². The summed E-state index contributed by atoms with van der Waals surface area (Å²) in [5.74, 6) is -0.162. The second-order valence-electron chi connectivity index (χ2n) is 7.05. The van der Waals surface area contributed by atoms with Crippen LogP contribution in [0.1, 0.15) is 17.5 Å². The predicted octanol–water partition coefficient (Wildman–Crippen LogP) is 3.74. The van der Waals surface area contributed by atoms with Crippen LogP contribution in [0, 0.1) is 0 Å². The van der Waals surface area contributed by atoms with Crippen LogP contribution in [0.4, 0.5) is 24.5 Å². The van der Waals surface area contributed by atoms with Gasteiger partial charge in [0.1, 0.15) is 0 Å². The molecule has 142 valence electrons. The number of nitrogens with zero attached hydrogens (tertiary/aromatic N) is 2. The highest BCUT2D eigenvalue weighted by molar-refractivity contribution is 5.97. The minimum Gasteiger partial charge on any atom is -0.364 e. The molecule has 0 bridgehead atoms. The standard InChI is InChI=1S/C20H20F3N3O/c21-20(22,23)15-6-7-17-18(10-15)26-9-8-25(12-14-4-2-1-3-5-14)13-16(26)11-19(27)24-17/h1-7,10,16H,8-9,11-13H2,(H,24,27). The molecule has 0 saturated carbocycles. The fourth-order valence-electron chi connectivity index (χ4n) is 3.86. The Morgan fingerprint density at radius 3 is 2.59 bits per heavy atom. The maximum Gasteiger partial charge on any atom is 0.416 e. The van der Waals surface area contributed by atoms with E-state index in [1.807, 2.05) is 23.1 Å². The summed E-state index contributed by atoms with van der Waals surface area (Å²) in [6.45, 7) is 2.72. The molecule has 2 heterocycles. The fraction of sp³-hybridized carbons (Fsp3) is 0.350. The van der Waals surface area contributed by atoms with Crippen molar-refractivity contribution in [3.63, 3.8) is 0 Å². The number of hydrogen-bond acceptors (Lipinski definition) is 3.